The number of unbranched alkanes of at least 4 members (excludes halogenated alkanes) is 1. The predicted octanol–water partition coefficient (Wildman–Crippen LogP) is 2.25. The van der Waals surface area contributed by atoms with Gasteiger partial charge in [-0.25, -0.2) is 0 Å². The molecule has 1 aliphatic heterocycles. The van der Waals surface area contributed by atoms with E-state index in [1.54, 1.807) is 0 Å². The zero-order valence-electron chi connectivity index (χ0n) is 16.9. The molecule has 25 heavy (non-hydrogen) atoms. The number of guanidine groups is 1. The number of aliphatic imine (C=N–C) groups is 1. The van der Waals surface area contributed by atoms with Crippen molar-refractivity contribution in [2.24, 2.45) is 4.99 Å². The first-order chi connectivity index (χ1) is 12.2. The van der Waals surface area contributed by atoms with Crippen molar-refractivity contribution in [3.8, 4) is 0 Å². The van der Waals surface area contributed by atoms with Gasteiger partial charge in [0.1, 0.15) is 0 Å². The Bertz CT molecular complexity index is 352. The number of piperidine rings is 1. The van der Waals surface area contributed by atoms with Gasteiger partial charge in [0, 0.05) is 38.8 Å². The van der Waals surface area contributed by atoms with Crippen molar-refractivity contribution in [3.05, 3.63) is 0 Å². The zero-order chi connectivity index (χ0) is 18.3. The van der Waals surface area contributed by atoms with Crippen LogP contribution >= 0.6 is 0 Å². The molecule has 1 heterocycles. The quantitative estimate of drug-likeness (QED) is 0.319. The molecule has 0 radical (unpaired) electrons. The average Bonchev–Trinajstić information content (AvgIpc) is 2.63. The highest BCUT2D eigenvalue weighted by Crippen LogP contribution is 2.18. The second-order valence-corrected chi connectivity index (χ2v) is 6.89. The largest absolute Gasteiger partial charge is 0.379 e. The summed E-state index contributed by atoms with van der Waals surface area (Å²) in [6.07, 6.45) is 6.30. The van der Waals surface area contributed by atoms with Gasteiger partial charge in [0.15, 0.2) is 5.96 Å². The summed E-state index contributed by atoms with van der Waals surface area (Å²) in [5.41, 5.74) is 0. The van der Waals surface area contributed by atoms with E-state index >= 15 is 0 Å². The van der Waals surface area contributed by atoms with Crippen LogP contribution in [0.5, 0.6) is 0 Å². The maximum atomic E-state index is 5.57. The molecule has 2 N–H and O–H groups in total. The average molecular weight is 357 g/mol. The number of hydrogen-bond acceptors (Lipinski definition) is 4. The molecule has 1 fully saturated rings. The smallest absolute Gasteiger partial charge is 0.191 e. The van der Waals surface area contributed by atoms with Crippen molar-refractivity contribution < 1.29 is 9.47 Å². The van der Waals surface area contributed by atoms with Crippen LogP contribution in [0.25, 0.3) is 0 Å². The summed E-state index contributed by atoms with van der Waals surface area (Å²) in [7, 11) is 1.81. The molecule has 0 spiro atoms. The third kappa shape index (κ3) is 10.0. The molecule has 0 aliphatic carbocycles. The number of rotatable bonds is 12. The summed E-state index contributed by atoms with van der Waals surface area (Å²) in [4.78, 5) is 6.89. The predicted molar refractivity (Wildman–Crippen MR) is 105 cm³/mol. The number of hydrogen-bond donors (Lipinski definition) is 2. The van der Waals surface area contributed by atoms with E-state index < -0.39 is 0 Å². The van der Waals surface area contributed by atoms with Crippen LogP contribution in [0.15, 0.2) is 4.99 Å². The number of nitrogens with one attached hydrogen (secondary N) is 2. The maximum absolute atomic E-state index is 5.57. The van der Waals surface area contributed by atoms with E-state index in [2.05, 4.69) is 41.3 Å². The highest BCUT2D eigenvalue weighted by Gasteiger charge is 2.22. The molecule has 1 saturated heterocycles. The van der Waals surface area contributed by atoms with E-state index in [-0.39, 0.29) is 0 Å². The van der Waals surface area contributed by atoms with Gasteiger partial charge < -0.3 is 20.1 Å². The molecule has 1 rings (SSSR count). The lowest BCUT2D eigenvalue weighted by Crippen LogP contribution is -2.50. The summed E-state index contributed by atoms with van der Waals surface area (Å²) in [6, 6.07) is 1.21. The molecular formula is C19H40N4O2. The summed E-state index contributed by atoms with van der Waals surface area (Å²) in [6.45, 7) is 12.5. The van der Waals surface area contributed by atoms with Crippen LogP contribution in [0.1, 0.15) is 52.9 Å². The summed E-state index contributed by atoms with van der Waals surface area (Å²) >= 11 is 0. The number of ether oxygens (including phenoxy) is 2. The minimum absolute atomic E-state index is 0.519. The van der Waals surface area contributed by atoms with Crippen molar-refractivity contribution in [2.45, 2.75) is 65.0 Å². The Labute approximate surface area is 154 Å². The highest BCUT2D eigenvalue weighted by atomic mass is 16.5. The molecule has 0 aromatic carbocycles. The topological polar surface area (TPSA) is 58.1 Å². The standard InChI is InChI=1S/C19H40N4O2/c1-5-6-12-24-14-15-25-13-10-21-19(20-4)22-16-18(3)23-11-8-7-9-17(23)2/h17-18H,5-16H2,1-4H3,(H2,20,21,22). The van der Waals surface area contributed by atoms with Crippen LogP contribution in [0.2, 0.25) is 0 Å². The lowest BCUT2D eigenvalue weighted by Gasteiger charge is -2.38. The molecule has 0 amide bonds. The lowest BCUT2D eigenvalue weighted by molar-refractivity contribution is 0.0487. The molecule has 148 valence electrons. The van der Waals surface area contributed by atoms with Gasteiger partial charge in [-0.05, 0) is 39.7 Å². The first-order valence-corrected chi connectivity index (χ1v) is 10.0. The van der Waals surface area contributed by atoms with Crippen LogP contribution in [-0.4, -0.2) is 76.1 Å². The number of nitrogens with zero attached hydrogens (tertiary/aromatic N) is 2. The van der Waals surface area contributed by atoms with Crippen LogP contribution in [0.3, 0.4) is 0 Å². The minimum Gasteiger partial charge on any atom is -0.379 e. The molecule has 0 bridgehead atoms. The Kier molecular flexibility index (Phi) is 12.7. The monoisotopic (exact) mass is 356 g/mol. The Balaban J connectivity index is 2.06. The van der Waals surface area contributed by atoms with E-state index in [9.17, 15) is 0 Å². The normalized spacial score (nSPS) is 20.5. The summed E-state index contributed by atoms with van der Waals surface area (Å²) in [5, 5.41) is 6.73. The van der Waals surface area contributed by atoms with Gasteiger partial charge in [0.2, 0.25) is 0 Å². The minimum atomic E-state index is 0.519. The molecule has 2 unspecified atom stereocenters. The first-order valence-electron chi connectivity index (χ1n) is 10.0. The molecule has 0 aromatic heterocycles. The van der Waals surface area contributed by atoms with Crippen LogP contribution < -0.4 is 10.6 Å². The van der Waals surface area contributed by atoms with Gasteiger partial charge in [0.05, 0.1) is 19.8 Å². The summed E-state index contributed by atoms with van der Waals surface area (Å²) in [5.74, 6) is 0.847. The fraction of sp³-hybridized carbons (Fsp3) is 0.947. The van der Waals surface area contributed by atoms with Crippen LogP contribution in [0, 0.1) is 0 Å². The maximum Gasteiger partial charge on any atom is 0.191 e. The molecule has 2 atom stereocenters. The van der Waals surface area contributed by atoms with Gasteiger partial charge in [-0.3, -0.25) is 9.89 Å². The van der Waals surface area contributed by atoms with Gasteiger partial charge in [-0.15, -0.1) is 0 Å². The molecule has 6 heteroatoms. The molecular weight excluding hydrogens is 316 g/mol. The van der Waals surface area contributed by atoms with Gasteiger partial charge in [-0.1, -0.05) is 19.8 Å². The lowest BCUT2D eigenvalue weighted by atomic mass is 10.0. The van der Waals surface area contributed by atoms with E-state index in [1.807, 2.05) is 7.05 Å². The van der Waals surface area contributed by atoms with E-state index in [0.29, 0.717) is 31.9 Å². The Hall–Kier alpha value is -0.850. The van der Waals surface area contributed by atoms with Crippen LogP contribution in [-0.2, 0) is 9.47 Å². The zero-order valence-corrected chi connectivity index (χ0v) is 16.9. The second kappa shape index (κ2) is 14.3. The Morgan fingerprint density at radius 1 is 1.16 bits per heavy atom. The van der Waals surface area contributed by atoms with E-state index in [1.165, 1.54) is 32.2 Å². The Morgan fingerprint density at radius 2 is 1.92 bits per heavy atom. The van der Waals surface area contributed by atoms with Gasteiger partial charge >= 0.3 is 0 Å². The highest BCUT2D eigenvalue weighted by molar-refractivity contribution is 5.79. The molecule has 1 aliphatic rings. The second-order valence-electron chi connectivity index (χ2n) is 6.89. The molecule has 6 nitrogen and oxygen atoms in total. The number of likely N-dealkylation sites (tertiary alicyclic amines) is 1. The Morgan fingerprint density at radius 3 is 2.60 bits per heavy atom. The van der Waals surface area contributed by atoms with Crippen molar-refractivity contribution in [1.29, 1.82) is 0 Å². The fourth-order valence-corrected chi connectivity index (χ4v) is 3.17. The molecule has 0 aromatic rings. The van der Waals surface area contributed by atoms with Crippen molar-refractivity contribution in [1.82, 2.24) is 15.5 Å². The van der Waals surface area contributed by atoms with Crippen molar-refractivity contribution in [2.75, 3.05) is 53.1 Å². The third-order valence-electron chi connectivity index (χ3n) is 4.76. The van der Waals surface area contributed by atoms with E-state index in [0.717, 1.165) is 32.1 Å². The van der Waals surface area contributed by atoms with Crippen molar-refractivity contribution in [3.63, 3.8) is 0 Å². The van der Waals surface area contributed by atoms with Gasteiger partial charge in [0.25, 0.3) is 0 Å². The van der Waals surface area contributed by atoms with E-state index in [4.69, 9.17) is 9.47 Å². The first kappa shape index (κ1) is 22.2. The fourth-order valence-electron chi connectivity index (χ4n) is 3.17. The summed E-state index contributed by atoms with van der Waals surface area (Å²) < 4.78 is 11.0. The third-order valence-corrected chi connectivity index (χ3v) is 4.76. The van der Waals surface area contributed by atoms with Gasteiger partial charge in [-0.2, -0.15) is 0 Å². The SMILES string of the molecule is CCCCOCCOCCNC(=NC)NCC(C)N1CCCCC1C. The molecule has 0 saturated carbocycles. The van der Waals surface area contributed by atoms with Crippen molar-refractivity contribution >= 4 is 5.96 Å². The van der Waals surface area contributed by atoms with Crippen LogP contribution in [0.4, 0.5) is 0 Å².